The molecule has 1 unspecified atom stereocenters. The van der Waals surface area contributed by atoms with Gasteiger partial charge in [-0.15, -0.1) is 0 Å². The molecule has 1 nitrogen and oxygen atoms in total. The van der Waals surface area contributed by atoms with Crippen molar-refractivity contribution in [2.24, 2.45) is 0 Å². The molecule has 0 amide bonds. The van der Waals surface area contributed by atoms with E-state index in [-0.39, 0.29) is 4.70 Å². The Balaban J connectivity index is 0.00000324. The van der Waals surface area contributed by atoms with E-state index < -0.39 is 0 Å². The molecular weight excluding hydrogens is 237 g/mol. The standard InChI is InChI=1S/C17H35N.FH/c1-3-5-7-8-9-11-15-18-16-12-10-14-17(18)13-6-4-2;/h17H,3-16H2,1-2H3;1H. The van der Waals surface area contributed by atoms with E-state index in [4.69, 9.17) is 0 Å². The van der Waals surface area contributed by atoms with Crippen molar-refractivity contribution in [2.45, 2.75) is 96.9 Å². The van der Waals surface area contributed by atoms with Gasteiger partial charge in [0.1, 0.15) is 0 Å². The lowest BCUT2D eigenvalue weighted by atomic mass is 9.97. The fourth-order valence-electron chi connectivity index (χ4n) is 3.22. The summed E-state index contributed by atoms with van der Waals surface area (Å²) in [5.74, 6) is 0. The van der Waals surface area contributed by atoms with Crippen molar-refractivity contribution in [3.8, 4) is 0 Å². The molecule has 2 heteroatoms. The third-order valence-corrected chi connectivity index (χ3v) is 4.44. The molecule has 1 aliphatic rings. The first-order valence-electron chi connectivity index (χ1n) is 8.62. The second-order valence-electron chi connectivity index (χ2n) is 6.10. The predicted molar refractivity (Wildman–Crippen MR) is 84.6 cm³/mol. The van der Waals surface area contributed by atoms with E-state index in [0.717, 1.165) is 6.04 Å². The van der Waals surface area contributed by atoms with Gasteiger partial charge in [-0.05, 0) is 38.8 Å². The van der Waals surface area contributed by atoms with Crippen molar-refractivity contribution in [1.29, 1.82) is 0 Å². The van der Waals surface area contributed by atoms with Gasteiger partial charge >= 0.3 is 0 Å². The maximum absolute atomic E-state index is 2.80. The first-order valence-corrected chi connectivity index (χ1v) is 8.62. The number of hydrogen-bond donors (Lipinski definition) is 0. The van der Waals surface area contributed by atoms with Crippen molar-refractivity contribution < 1.29 is 4.70 Å². The highest BCUT2D eigenvalue weighted by Gasteiger charge is 2.20. The fraction of sp³-hybridized carbons (Fsp3) is 1.00. The lowest BCUT2D eigenvalue weighted by Crippen LogP contribution is -2.40. The van der Waals surface area contributed by atoms with Gasteiger partial charge in [-0.25, -0.2) is 0 Å². The zero-order valence-corrected chi connectivity index (χ0v) is 13.3. The fourth-order valence-corrected chi connectivity index (χ4v) is 3.22. The van der Waals surface area contributed by atoms with E-state index in [1.807, 2.05) is 0 Å². The Kier molecular flexibility index (Phi) is 12.8. The van der Waals surface area contributed by atoms with E-state index in [1.54, 1.807) is 0 Å². The highest BCUT2D eigenvalue weighted by Crippen LogP contribution is 2.22. The Labute approximate surface area is 120 Å². The highest BCUT2D eigenvalue weighted by molar-refractivity contribution is 4.76. The zero-order valence-electron chi connectivity index (χ0n) is 13.3. The molecule has 1 heterocycles. The topological polar surface area (TPSA) is 3.24 Å². The molecule has 1 saturated heterocycles. The zero-order chi connectivity index (χ0) is 13.1. The highest BCUT2D eigenvalue weighted by atomic mass is 19.0. The summed E-state index contributed by atoms with van der Waals surface area (Å²) < 4.78 is 0. The average Bonchev–Trinajstić information content (AvgIpc) is 2.41. The predicted octanol–water partition coefficient (Wildman–Crippen LogP) is 5.54. The number of unbranched alkanes of at least 4 members (excludes halogenated alkanes) is 6. The average molecular weight is 273 g/mol. The second-order valence-corrected chi connectivity index (χ2v) is 6.10. The summed E-state index contributed by atoms with van der Waals surface area (Å²) in [4.78, 5) is 2.80. The van der Waals surface area contributed by atoms with E-state index in [2.05, 4.69) is 18.7 Å². The molecule has 0 bridgehead atoms. The minimum atomic E-state index is 0. The van der Waals surface area contributed by atoms with Gasteiger partial charge < -0.3 is 4.90 Å². The number of halogens is 1. The number of likely N-dealkylation sites (tertiary alicyclic amines) is 1. The number of hydrogen-bond acceptors (Lipinski definition) is 1. The van der Waals surface area contributed by atoms with Crippen LogP contribution in [0.25, 0.3) is 0 Å². The number of nitrogens with zero attached hydrogens (tertiary/aromatic N) is 1. The Morgan fingerprint density at radius 1 is 0.842 bits per heavy atom. The molecule has 116 valence electrons. The Morgan fingerprint density at radius 3 is 2.26 bits per heavy atom. The molecule has 1 fully saturated rings. The van der Waals surface area contributed by atoms with E-state index in [9.17, 15) is 0 Å². The van der Waals surface area contributed by atoms with Gasteiger partial charge in [0.05, 0.1) is 0 Å². The molecule has 0 spiro atoms. The van der Waals surface area contributed by atoms with Gasteiger partial charge in [0.15, 0.2) is 0 Å². The van der Waals surface area contributed by atoms with Crippen LogP contribution in [0.15, 0.2) is 0 Å². The number of rotatable bonds is 10. The SMILES string of the molecule is CCCCCCCCN1CCCCC1CCCC.F. The van der Waals surface area contributed by atoms with Gasteiger partial charge in [0.2, 0.25) is 0 Å². The van der Waals surface area contributed by atoms with Gasteiger partial charge in [-0.2, -0.15) is 0 Å². The smallest absolute Gasteiger partial charge is 0.00952 e. The molecule has 1 rings (SSSR count). The molecule has 1 atom stereocenters. The summed E-state index contributed by atoms with van der Waals surface area (Å²) in [6, 6.07) is 0.925. The second kappa shape index (κ2) is 12.9. The summed E-state index contributed by atoms with van der Waals surface area (Å²) in [5.41, 5.74) is 0. The van der Waals surface area contributed by atoms with Crippen molar-refractivity contribution in [3.63, 3.8) is 0 Å². The minimum absolute atomic E-state index is 0. The van der Waals surface area contributed by atoms with Crippen LogP contribution in [-0.2, 0) is 0 Å². The molecule has 1 aliphatic heterocycles. The third-order valence-electron chi connectivity index (χ3n) is 4.44. The molecule has 0 aromatic carbocycles. The maximum Gasteiger partial charge on any atom is 0.00952 e. The van der Waals surface area contributed by atoms with Crippen LogP contribution in [0.4, 0.5) is 4.70 Å². The first-order chi connectivity index (χ1) is 8.88. The van der Waals surface area contributed by atoms with E-state index >= 15 is 0 Å². The van der Waals surface area contributed by atoms with Gasteiger partial charge in [0.25, 0.3) is 0 Å². The quantitative estimate of drug-likeness (QED) is 0.472. The third kappa shape index (κ3) is 8.62. The summed E-state index contributed by atoms with van der Waals surface area (Å²) in [6.45, 7) is 7.37. The van der Waals surface area contributed by atoms with Crippen molar-refractivity contribution in [3.05, 3.63) is 0 Å². The molecule has 0 radical (unpaired) electrons. The molecule has 0 saturated carbocycles. The number of piperidine rings is 1. The van der Waals surface area contributed by atoms with Crippen LogP contribution in [0.1, 0.15) is 90.9 Å². The minimum Gasteiger partial charge on any atom is -0.300 e. The first kappa shape index (κ1) is 18.9. The monoisotopic (exact) mass is 273 g/mol. The largest absolute Gasteiger partial charge is 0.300 e. The normalized spacial score (nSPS) is 20.2. The van der Waals surface area contributed by atoms with Crippen LogP contribution in [0.5, 0.6) is 0 Å². The van der Waals surface area contributed by atoms with E-state index in [0.29, 0.717) is 0 Å². The summed E-state index contributed by atoms with van der Waals surface area (Å²) in [7, 11) is 0. The van der Waals surface area contributed by atoms with Crippen LogP contribution in [0, 0.1) is 0 Å². The van der Waals surface area contributed by atoms with Crippen LogP contribution >= 0.6 is 0 Å². The Morgan fingerprint density at radius 2 is 1.53 bits per heavy atom. The van der Waals surface area contributed by atoms with Crippen molar-refractivity contribution in [2.75, 3.05) is 13.1 Å². The molecular formula is C17H36FN. The molecule has 0 aromatic heterocycles. The lowest BCUT2D eigenvalue weighted by Gasteiger charge is -2.36. The molecule has 0 aliphatic carbocycles. The van der Waals surface area contributed by atoms with Crippen LogP contribution in [0.3, 0.4) is 0 Å². The Hall–Kier alpha value is -0.110. The van der Waals surface area contributed by atoms with Gasteiger partial charge in [0, 0.05) is 6.04 Å². The van der Waals surface area contributed by atoms with Gasteiger partial charge in [-0.1, -0.05) is 65.2 Å². The van der Waals surface area contributed by atoms with Crippen molar-refractivity contribution >= 4 is 0 Å². The van der Waals surface area contributed by atoms with Crippen LogP contribution < -0.4 is 0 Å². The van der Waals surface area contributed by atoms with Crippen LogP contribution in [0.2, 0.25) is 0 Å². The summed E-state index contributed by atoms with van der Waals surface area (Å²) >= 11 is 0. The summed E-state index contributed by atoms with van der Waals surface area (Å²) in [6.07, 6.45) is 17.2. The molecule has 0 aromatic rings. The molecule has 19 heavy (non-hydrogen) atoms. The summed E-state index contributed by atoms with van der Waals surface area (Å²) in [5, 5.41) is 0. The van der Waals surface area contributed by atoms with E-state index in [1.165, 1.54) is 90.1 Å². The van der Waals surface area contributed by atoms with Gasteiger partial charge in [-0.3, -0.25) is 4.70 Å². The van der Waals surface area contributed by atoms with Crippen molar-refractivity contribution in [1.82, 2.24) is 4.90 Å². The molecule has 0 N–H and O–H groups in total. The van der Waals surface area contributed by atoms with Crippen LogP contribution in [-0.4, -0.2) is 24.0 Å². The Bertz CT molecular complexity index is 184. The maximum atomic E-state index is 2.80. The lowest BCUT2D eigenvalue weighted by molar-refractivity contribution is 0.135.